The molecular formula is C30H38N2O2S2. The smallest absolute Gasteiger partial charge is 0.239 e. The maximum Gasteiger partial charge on any atom is 0.239 e. The van der Waals surface area contributed by atoms with Crippen LogP contribution >= 0.6 is 22.7 Å². The number of piperidine rings is 1. The van der Waals surface area contributed by atoms with Crippen molar-refractivity contribution in [3.63, 3.8) is 0 Å². The van der Waals surface area contributed by atoms with Crippen LogP contribution in [0.25, 0.3) is 0 Å². The van der Waals surface area contributed by atoms with Gasteiger partial charge in [-0.1, -0.05) is 38.5 Å². The van der Waals surface area contributed by atoms with E-state index >= 15 is 0 Å². The topological polar surface area (TPSA) is 49.4 Å². The second-order valence-electron chi connectivity index (χ2n) is 12.2. The van der Waals surface area contributed by atoms with Crippen molar-refractivity contribution in [3.05, 3.63) is 56.6 Å². The van der Waals surface area contributed by atoms with E-state index in [1.807, 2.05) is 18.0 Å². The minimum Gasteiger partial charge on any atom is -0.347 e. The first-order valence-corrected chi connectivity index (χ1v) is 15.4. The average molecular weight is 523 g/mol. The van der Waals surface area contributed by atoms with Crippen molar-refractivity contribution in [2.75, 3.05) is 7.05 Å². The summed E-state index contributed by atoms with van der Waals surface area (Å²) in [6.07, 6.45) is 11.4. The highest BCUT2D eigenvalue weighted by molar-refractivity contribution is 7.10. The first-order valence-electron chi connectivity index (χ1n) is 13.6. The van der Waals surface area contributed by atoms with Crippen LogP contribution in [0.1, 0.15) is 74.6 Å². The molecule has 1 N–H and O–H groups in total. The van der Waals surface area contributed by atoms with Gasteiger partial charge in [0.1, 0.15) is 5.92 Å². The highest BCUT2D eigenvalue weighted by Crippen LogP contribution is 2.64. The predicted molar refractivity (Wildman–Crippen MR) is 147 cm³/mol. The molecule has 3 fully saturated rings. The van der Waals surface area contributed by atoms with Crippen molar-refractivity contribution in [2.45, 2.75) is 71.3 Å². The SMILES string of the molecule is CN1C(=O)C(C(=O)NC(Cc2cccs2)c2cccs2)C[C@@]2(C)C1=CC[C@@H]1[C@H]2CC[C@]2(C)CCC[C@@H]12. The minimum atomic E-state index is -0.626. The average Bonchev–Trinajstić information content (AvgIpc) is 3.62. The Bertz CT molecular complexity index is 1160. The van der Waals surface area contributed by atoms with Crippen LogP contribution in [0.2, 0.25) is 0 Å². The molecular weight excluding hydrogens is 484 g/mol. The molecule has 6 rings (SSSR count). The number of amides is 2. The monoisotopic (exact) mass is 522 g/mol. The number of nitrogens with one attached hydrogen (secondary N) is 1. The van der Waals surface area contributed by atoms with Crippen LogP contribution in [0.15, 0.2) is 46.8 Å². The lowest BCUT2D eigenvalue weighted by Crippen LogP contribution is -2.57. The van der Waals surface area contributed by atoms with E-state index in [0.717, 1.165) is 23.6 Å². The van der Waals surface area contributed by atoms with E-state index in [2.05, 4.69) is 54.2 Å². The molecule has 7 atom stereocenters. The van der Waals surface area contributed by atoms with Gasteiger partial charge in [0.15, 0.2) is 0 Å². The van der Waals surface area contributed by atoms with Crippen molar-refractivity contribution in [1.82, 2.24) is 10.2 Å². The fourth-order valence-electron chi connectivity index (χ4n) is 8.53. The zero-order chi connectivity index (χ0) is 25.1. The highest BCUT2D eigenvalue weighted by atomic mass is 32.1. The number of hydrogen-bond acceptors (Lipinski definition) is 4. The van der Waals surface area contributed by atoms with Gasteiger partial charge in [-0.05, 0) is 84.6 Å². The molecule has 2 aromatic rings. The summed E-state index contributed by atoms with van der Waals surface area (Å²) in [5, 5.41) is 7.45. The van der Waals surface area contributed by atoms with E-state index in [1.54, 1.807) is 22.7 Å². The largest absolute Gasteiger partial charge is 0.347 e. The third kappa shape index (κ3) is 3.91. The van der Waals surface area contributed by atoms with E-state index in [1.165, 1.54) is 42.7 Å². The van der Waals surface area contributed by atoms with E-state index < -0.39 is 5.92 Å². The molecule has 4 nitrogen and oxygen atoms in total. The fraction of sp³-hybridized carbons (Fsp3) is 0.600. The number of carbonyl (C=O) groups excluding carboxylic acids is 2. The summed E-state index contributed by atoms with van der Waals surface area (Å²) in [4.78, 5) is 31.6. The molecule has 36 heavy (non-hydrogen) atoms. The van der Waals surface area contributed by atoms with Crippen LogP contribution in [0.5, 0.6) is 0 Å². The van der Waals surface area contributed by atoms with Crippen molar-refractivity contribution in [1.29, 1.82) is 0 Å². The van der Waals surface area contributed by atoms with Crippen molar-refractivity contribution < 1.29 is 9.59 Å². The van der Waals surface area contributed by atoms with Gasteiger partial charge < -0.3 is 10.2 Å². The van der Waals surface area contributed by atoms with E-state index in [9.17, 15) is 9.59 Å². The predicted octanol–water partition coefficient (Wildman–Crippen LogP) is 6.81. The van der Waals surface area contributed by atoms with Crippen LogP contribution in [0.4, 0.5) is 0 Å². The van der Waals surface area contributed by atoms with Gasteiger partial charge in [0.05, 0.1) is 6.04 Å². The number of nitrogens with zero attached hydrogens (tertiary/aromatic N) is 1. The number of hydrogen-bond donors (Lipinski definition) is 1. The normalized spacial score (nSPS) is 36.5. The Morgan fingerprint density at radius 2 is 1.94 bits per heavy atom. The molecule has 2 amide bonds. The molecule has 1 saturated heterocycles. The number of fused-ring (bicyclic) bond motifs is 5. The molecule has 6 heteroatoms. The standard InChI is InChI=1S/C30H38N2O2S2/c1-29-13-4-8-22(29)20-10-11-26-30(2,23(20)12-14-29)18-21(28(34)32(26)3)27(33)31-24(25-9-6-16-36-25)17-19-7-5-15-35-19/h5-7,9,11,15-16,20-24H,4,8,10,12-14,17-18H2,1-3H3,(H,31,33)/t20-,21?,22-,23+,24?,29-,30+/m0/s1. The van der Waals surface area contributed by atoms with Crippen LogP contribution < -0.4 is 5.32 Å². The van der Waals surface area contributed by atoms with E-state index in [4.69, 9.17) is 0 Å². The molecule has 2 saturated carbocycles. The van der Waals surface area contributed by atoms with Gasteiger partial charge in [0, 0.05) is 34.3 Å². The van der Waals surface area contributed by atoms with Crippen molar-refractivity contribution in [3.8, 4) is 0 Å². The molecule has 4 aliphatic rings. The third-order valence-corrected chi connectivity index (χ3v) is 12.2. The Morgan fingerprint density at radius 3 is 2.69 bits per heavy atom. The number of rotatable bonds is 5. The first-order chi connectivity index (χ1) is 17.3. The second-order valence-corrected chi connectivity index (χ2v) is 14.2. The van der Waals surface area contributed by atoms with E-state index in [0.29, 0.717) is 23.7 Å². The summed E-state index contributed by atoms with van der Waals surface area (Å²) in [6, 6.07) is 8.20. The van der Waals surface area contributed by atoms with Crippen LogP contribution in [0, 0.1) is 34.5 Å². The second kappa shape index (κ2) is 9.13. The molecule has 0 bridgehead atoms. The van der Waals surface area contributed by atoms with Gasteiger partial charge in [-0.25, -0.2) is 0 Å². The zero-order valence-corrected chi connectivity index (χ0v) is 23.3. The van der Waals surface area contributed by atoms with Gasteiger partial charge in [-0.15, -0.1) is 22.7 Å². The summed E-state index contributed by atoms with van der Waals surface area (Å²) in [7, 11) is 1.90. The number of likely N-dealkylation sites (tertiary alicyclic amines) is 1. The van der Waals surface area contributed by atoms with Crippen molar-refractivity contribution >= 4 is 34.5 Å². The molecule has 2 aromatic heterocycles. The summed E-state index contributed by atoms with van der Waals surface area (Å²) in [6.45, 7) is 4.88. The molecule has 3 aliphatic carbocycles. The molecule has 0 radical (unpaired) electrons. The molecule has 2 unspecified atom stereocenters. The van der Waals surface area contributed by atoms with Crippen molar-refractivity contribution in [2.24, 2.45) is 34.5 Å². The van der Waals surface area contributed by atoms with Gasteiger partial charge in [0.25, 0.3) is 0 Å². The van der Waals surface area contributed by atoms with Gasteiger partial charge in [-0.3, -0.25) is 9.59 Å². The molecule has 1 aliphatic heterocycles. The fourth-order valence-corrected chi connectivity index (χ4v) is 10.1. The number of thiophene rings is 2. The van der Waals surface area contributed by atoms with Crippen LogP contribution in [-0.2, 0) is 16.0 Å². The summed E-state index contributed by atoms with van der Waals surface area (Å²) in [5.41, 5.74) is 1.54. The summed E-state index contributed by atoms with van der Waals surface area (Å²) < 4.78 is 0. The van der Waals surface area contributed by atoms with Gasteiger partial charge in [0.2, 0.25) is 11.8 Å². The van der Waals surface area contributed by atoms with Gasteiger partial charge >= 0.3 is 0 Å². The lowest BCUT2D eigenvalue weighted by atomic mass is 9.49. The third-order valence-electron chi connectivity index (χ3n) is 10.3. The molecule has 0 spiro atoms. The number of carbonyl (C=O) groups is 2. The lowest BCUT2D eigenvalue weighted by molar-refractivity contribution is -0.149. The summed E-state index contributed by atoms with van der Waals surface area (Å²) >= 11 is 3.39. The van der Waals surface area contributed by atoms with Gasteiger partial charge in [-0.2, -0.15) is 0 Å². The van der Waals surface area contributed by atoms with Crippen LogP contribution in [-0.4, -0.2) is 23.8 Å². The van der Waals surface area contributed by atoms with Crippen LogP contribution in [0.3, 0.4) is 0 Å². The minimum absolute atomic E-state index is 0.0442. The quantitative estimate of drug-likeness (QED) is 0.438. The molecule has 3 heterocycles. The Labute approximate surface area is 223 Å². The summed E-state index contributed by atoms with van der Waals surface area (Å²) in [5.74, 6) is 1.25. The first kappa shape index (κ1) is 24.4. The lowest BCUT2D eigenvalue weighted by Gasteiger charge is -2.58. The highest BCUT2D eigenvalue weighted by Gasteiger charge is 2.59. The Morgan fingerprint density at radius 1 is 1.14 bits per heavy atom. The zero-order valence-electron chi connectivity index (χ0n) is 21.7. The molecule has 192 valence electrons. The Hall–Kier alpha value is -1.92. The van der Waals surface area contributed by atoms with E-state index in [-0.39, 0.29) is 23.3 Å². The Balaban J connectivity index is 1.26. The maximum absolute atomic E-state index is 13.8. The number of allylic oxidation sites excluding steroid dienone is 2. The molecule has 0 aromatic carbocycles. The maximum atomic E-state index is 13.8. The Kier molecular flexibility index (Phi) is 6.19.